The maximum absolute atomic E-state index is 12.4. The Morgan fingerprint density at radius 2 is 1.96 bits per heavy atom. The Kier molecular flexibility index (Phi) is 5.75. The standard InChI is InChI=1S/C18H23N3O2/c1-13(2)11-17(22)21-9-7-14(8-10-21)18(23)20-16-6-4-3-5-15(16)12-19/h3-6,13-14H,7-11H2,1-2H3,(H,20,23). The van der Waals surface area contributed by atoms with Crippen LogP contribution in [0.2, 0.25) is 0 Å². The fourth-order valence-corrected chi connectivity index (χ4v) is 2.79. The quantitative estimate of drug-likeness (QED) is 0.929. The van der Waals surface area contributed by atoms with Crippen LogP contribution in [-0.4, -0.2) is 29.8 Å². The zero-order valence-corrected chi connectivity index (χ0v) is 13.7. The summed E-state index contributed by atoms with van der Waals surface area (Å²) >= 11 is 0. The van der Waals surface area contributed by atoms with Crippen molar-refractivity contribution in [1.29, 1.82) is 5.26 Å². The first-order valence-electron chi connectivity index (χ1n) is 8.09. The lowest BCUT2D eigenvalue weighted by Crippen LogP contribution is -2.41. The van der Waals surface area contributed by atoms with Gasteiger partial charge in [-0.15, -0.1) is 0 Å². The van der Waals surface area contributed by atoms with Crippen molar-refractivity contribution in [2.24, 2.45) is 11.8 Å². The van der Waals surface area contributed by atoms with Gasteiger partial charge in [0.15, 0.2) is 0 Å². The Balaban J connectivity index is 1.89. The number of nitrogens with one attached hydrogen (secondary N) is 1. The van der Waals surface area contributed by atoms with Gasteiger partial charge in [-0.3, -0.25) is 9.59 Å². The van der Waals surface area contributed by atoms with E-state index in [2.05, 4.69) is 11.4 Å². The number of benzene rings is 1. The molecule has 0 bridgehead atoms. The summed E-state index contributed by atoms with van der Waals surface area (Å²) in [5.41, 5.74) is 1.02. The van der Waals surface area contributed by atoms with Crippen LogP contribution in [0.25, 0.3) is 0 Å². The lowest BCUT2D eigenvalue weighted by molar-refractivity contribution is -0.135. The van der Waals surface area contributed by atoms with Crippen LogP contribution in [0.5, 0.6) is 0 Å². The monoisotopic (exact) mass is 313 g/mol. The van der Waals surface area contributed by atoms with Crippen LogP contribution in [0.4, 0.5) is 5.69 Å². The highest BCUT2D eigenvalue weighted by atomic mass is 16.2. The topological polar surface area (TPSA) is 73.2 Å². The Morgan fingerprint density at radius 1 is 1.30 bits per heavy atom. The maximum Gasteiger partial charge on any atom is 0.227 e. The third-order valence-electron chi connectivity index (χ3n) is 4.11. The molecule has 0 spiro atoms. The number of carbonyl (C=O) groups excluding carboxylic acids is 2. The van der Waals surface area contributed by atoms with Crippen LogP contribution in [0.15, 0.2) is 24.3 Å². The molecule has 1 aromatic carbocycles. The van der Waals surface area contributed by atoms with Gasteiger partial charge in [0.2, 0.25) is 11.8 Å². The molecule has 1 aliphatic rings. The van der Waals surface area contributed by atoms with Crippen molar-refractivity contribution in [3.63, 3.8) is 0 Å². The van der Waals surface area contributed by atoms with E-state index in [0.29, 0.717) is 49.5 Å². The van der Waals surface area contributed by atoms with E-state index in [9.17, 15) is 9.59 Å². The number of para-hydroxylation sites is 1. The van der Waals surface area contributed by atoms with Gasteiger partial charge in [0.1, 0.15) is 6.07 Å². The number of anilines is 1. The van der Waals surface area contributed by atoms with Crippen LogP contribution < -0.4 is 5.32 Å². The van der Waals surface area contributed by atoms with Crippen molar-refractivity contribution in [1.82, 2.24) is 4.90 Å². The van der Waals surface area contributed by atoms with Gasteiger partial charge in [0, 0.05) is 25.4 Å². The molecule has 0 saturated carbocycles. The van der Waals surface area contributed by atoms with E-state index < -0.39 is 0 Å². The van der Waals surface area contributed by atoms with Gasteiger partial charge in [0.25, 0.3) is 0 Å². The minimum absolute atomic E-state index is 0.0661. The average molecular weight is 313 g/mol. The number of rotatable bonds is 4. The normalized spacial score (nSPS) is 15.3. The van der Waals surface area contributed by atoms with Gasteiger partial charge >= 0.3 is 0 Å². The van der Waals surface area contributed by atoms with E-state index in [1.165, 1.54) is 0 Å². The summed E-state index contributed by atoms with van der Waals surface area (Å²) in [4.78, 5) is 26.3. The first-order chi connectivity index (χ1) is 11.0. The van der Waals surface area contributed by atoms with Crippen molar-refractivity contribution in [3.05, 3.63) is 29.8 Å². The molecule has 1 saturated heterocycles. The second-order valence-electron chi connectivity index (χ2n) is 6.40. The summed E-state index contributed by atoms with van der Waals surface area (Å²) in [5, 5.41) is 11.9. The lowest BCUT2D eigenvalue weighted by Gasteiger charge is -2.31. The van der Waals surface area contributed by atoms with Gasteiger partial charge in [-0.2, -0.15) is 5.26 Å². The lowest BCUT2D eigenvalue weighted by atomic mass is 9.95. The number of amides is 2. The van der Waals surface area contributed by atoms with Crippen LogP contribution in [-0.2, 0) is 9.59 Å². The average Bonchev–Trinajstić information content (AvgIpc) is 2.55. The molecule has 0 atom stereocenters. The molecule has 1 aliphatic heterocycles. The van der Waals surface area contributed by atoms with Crippen molar-refractivity contribution in [2.45, 2.75) is 33.1 Å². The summed E-state index contributed by atoms with van der Waals surface area (Å²) in [6, 6.07) is 9.06. The largest absolute Gasteiger partial charge is 0.343 e. The summed E-state index contributed by atoms with van der Waals surface area (Å²) < 4.78 is 0. The summed E-state index contributed by atoms with van der Waals surface area (Å²) in [7, 11) is 0. The molecule has 0 unspecified atom stereocenters. The minimum Gasteiger partial charge on any atom is -0.343 e. The molecule has 5 heteroatoms. The summed E-state index contributed by atoms with van der Waals surface area (Å²) in [5.74, 6) is 0.355. The van der Waals surface area contributed by atoms with Gasteiger partial charge < -0.3 is 10.2 Å². The van der Waals surface area contributed by atoms with E-state index in [-0.39, 0.29) is 17.7 Å². The number of piperidine rings is 1. The molecule has 2 rings (SSSR count). The highest BCUT2D eigenvalue weighted by molar-refractivity contribution is 5.94. The summed E-state index contributed by atoms with van der Waals surface area (Å²) in [6.07, 6.45) is 1.90. The number of hydrogen-bond acceptors (Lipinski definition) is 3. The molecule has 23 heavy (non-hydrogen) atoms. The molecular formula is C18H23N3O2. The molecule has 1 heterocycles. The Labute approximate surface area is 137 Å². The van der Waals surface area contributed by atoms with Crippen molar-refractivity contribution in [3.8, 4) is 6.07 Å². The zero-order chi connectivity index (χ0) is 16.8. The third kappa shape index (κ3) is 4.56. The number of likely N-dealkylation sites (tertiary alicyclic amines) is 1. The SMILES string of the molecule is CC(C)CC(=O)N1CCC(C(=O)Nc2ccccc2C#N)CC1. The number of nitrogens with zero attached hydrogens (tertiary/aromatic N) is 2. The zero-order valence-electron chi connectivity index (χ0n) is 13.7. The molecule has 122 valence electrons. The van der Waals surface area contributed by atoms with Crippen LogP contribution in [0.3, 0.4) is 0 Å². The highest BCUT2D eigenvalue weighted by Gasteiger charge is 2.27. The van der Waals surface area contributed by atoms with Crippen molar-refractivity contribution < 1.29 is 9.59 Å². The third-order valence-corrected chi connectivity index (χ3v) is 4.11. The van der Waals surface area contributed by atoms with Gasteiger partial charge in [-0.25, -0.2) is 0 Å². The Hall–Kier alpha value is -2.35. The van der Waals surface area contributed by atoms with Crippen LogP contribution in [0, 0.1) is 23.2 Å². The molecule has 2 amide bonds. The fourth-order valence-electron chi connectivity index (χ4n) is 2.79. The Morgan fingerprint density at radius 3 is 2.57 bits per heavy atom. The van der Waals surface area contributed by atoms with Gasteiger partial charge in [-0.05, 0) is 30.9 Å². The second kappa shape index (κ2) is 7.77. The van der Waals surface area contributed by atoms with E-state index in [1.54, 1.807) is 24.3 Å². The van der Waals surface area contributed by atoms with E-state index in [1.807, 2.05) is 18.7 Å². The predicted octanol–water partition coefficient (Wildman–Crippen LogP) is 2.78. The van der Waals surface area contributed by atoms with Crippen molar-refractivity contribution >= 4 is 17.5 Å². The molecule has 0 radical (unpaired) electrons. The van der Waals surface area contributed by atoms with Gasteiger partial charge in [0.05, 0.1) is 11.3 Å². The molecule has 0 aromatic heterocycles. The minimum atomic E-state index is -0.107. The fraction of sp³-hybridized carbons (Fsp3) is 0.500. The van der Waals surface area contributed by atoms with E-state index >= 15 is 0 Å². The molecule has 1 fully saturated rings. The number of hydrogen-bond donors (Lipinski definition) is 1. The first kappa shape index (κ1) is 17.0. The van der Waals surface area contributed by atoms with Crippen molar-refractivity contribution in [2.75, 3.05) is 18.4 Å². The molecule has 1 N–H and O–H groups in total. The van der Waals surface area contributed by atoms with Crippen LogP contribution in [0.1, 0.15) is 38.7 Å². The predicted molar refractivity (Wildman–Crippen MR) is 88.5 cm³/mol. The second-order valence-corrected chi connectivity index (χ2v) is 6.40. The van der Waals surface area contributed by atoms with E-state index in [0.717, 1.165) is 0 Å². The maximum atomic E-state index is 12.4. The first-order valence-corrected chi connectivity index (χ1v) is 8.09. The molecular weight excluding hydrogens is 290 g/mol. The number of nitriles is 1. The summed E-state index contributed by atoms with van der Waals surface area (Å²) in [6.45, 7) is 5.32. The molecule has 0 aliphatic carbocycles. The Bertz CT molecular complexity index is 611. The highest BCUT2D eigenvalue weighted by Crippen LogP contribution is 2.22. The number of carbonyl (C=O) groups is 2. The van der Waals surface area contributed by atoms with E-state index in [4.69, 9.17) is 5.26 Å². The smallest absolute Gasteiger partial charge is 0.227 e. The molecule has 5 nitrogen and oxygen atoms in total. The van der Waals surface area contributed by atoms with Crippen LogP contribution >= 0.6 is 0 Å². The molecule has 1 aromatic rings. The van der Waals surface area contributed by atoms with Gasteiger partial charge in [-0.1, -0.05) is 26.0 Å².